The molecule has 1 aliphatic heterocycles. The molecule has 1 fully saturated rings. The minimum Gasteiger partial charge on any atom is -0.493 e. The minimum atomic E-state index is -0.468. The maximum Gasteiger partial charge on any atom is 0.275 e. The number of methoxy groups -OCH3 is 2. The van der Waals surface area contributed by atoms with E-state index in [0.29, 0.717) is 16.9 Å². The van der Waals surface area contributed by atoms with Crippen LogP contribution in [0.3, 0.4) is 0 Å². The number of fused-ring (bicyclic) bond motifs is 1. The van der Waals surface area contributed by atoms with Crippen molar-refractivity contribution in [2.24, 2.45) is 0 Å². The van der Waals surface area contributed by atoms with Crippen molar-refractivity contribution in [3.05, 3.63) is 28.7 Å². The third-order valence-electron chi connectivity index (χ3n) is 4.64. The van der Waals surface area contributed by atoms with Crippen LogP contribution in [0.25, 0.3) is 10.8 Å². The van der Waals surface area contributed by atoms with Crippen LogP contribution in [0.1, 0.15) is 40.2 Å². The van der Waals surface area contributed by atoms with Crippen LogP contribution in [0, 0.1) is 0 Å². The second-order valence-electron chi connectivity index (χ2n) is 7.37. The molecule has 1 unspecified atom stereocenters. The number of hydrogen-bond acceptors (Lipinski definition) is 5. The van der Waals surface area contributed by atoms with E-state index in [0.717, 1.165) is 11.8 Å². The third-order valence-corrected chi connectivity index (χ3v) is 4.64. The Kier molecular flexibility index (Phi) is 3.83. The first-order chi connectivity index (χ1) is 11.2. The van der Waals surface area contributed by atoms with E-state index >= 15 is 0 Å². The third kappa shape index (κ3) is 2.65. The Hall–Kier alpha value is -2.08. The number of benzene rings is 1. The summed E-state index contributed by atoms with van der Waals surface area (Å²) in [7, 11) is 3.12. The normalized spacial score (nSPS) is 21.8. The number of nitrogens with zero attached hydrogens (tertiary/aromatic N) is 2. The molecule has 2 heterocycles. The molecule has 1 aliphatic rings. The molecule has 6 heteroatoms. The molecular formula is C18H24N2O4. The van der Waals surface area contributed by atoms with Gasteiger partial charge in [0.2, 0.25) is 0 Å². The smallest absolute Gasteiger partial charge is 0.275 e. The summed E-state index contributed by atoms with van der Waals surface area (Å²) in [6.07, 6.45) is 2.42. The molecule has 1 saturated heterocycles. The lowest BCUT2D eigenvalue weighted by Gasteiger charge is -2.27. The number of rotatable bonds is 3. The maximum absolute atomic E-state index is 13.0. The summed E-state index contributed by atoms with van der Waals surface area (Å²) >= 11 is 0. The van der Waals surface area contributed by atoms with Gasteiger partial charge in [-0.05, 0) is 39.8 Å². The molecule has 1 aromatic carbocycles. The van der Waals surface area contributed by atoms with Crippen LogP contribution < -0.4 is 15.0 Å². The van der Waals surface area contributed by atoms with Gasteiger partial charge < -0.3 is 14.2 Å². The van der Waals surface area contributed by atoms with Crippen LogP contribution in [0.4, 0.5) is 0 Å². The molecule has 1 aromatic heterocycles. The van der Waals surface area contributed by atoms with Gasteiger partial charge in [-0.15, -0.1) is 0 Å². The van der Waals surface area contributed by atoms with Crippen LogP contribution in [0.2, 0.25) is 0 Å². The van der Waals surface area contributed by atoms with Crippen molar-refractivity contribution in [3.63, 3.8) is 0 Å². The topological polar surface area (TPSA) is 62.6 Å². The van der Waals surface area contributed by atoms with Crippen molar-refractivity contribution in [3.8, 4) is 11.5 Å². The van der Waals surface area contributed by atoms with Gasteiger partial charge in [-0.1, -0.05) is 0 Å². The van der Waals surface area contributed by atoms with Gasteiger partial charge >= 0.3 is 0 Å². The lowest BCUT2D eigenvalue weighted by atomic mass is 9.94. The molecule has 0 bridgehead atoms. The second kappa shape index (κ2) is 5.48. The van der Waals surface area contributed by atoms with Crippen molar-refractivity contribution in [1.82, 2.24) is 9.78 Å². The average molecular weight is 332 g/mol. The molecule has 6 nitrogen and oxygen atoms in total. The molecule has 0 N–H and O–H groups in total. The Balaban J connectivity index is 2.18. The van der Waals surface area contributed by atoms with Crippen molar-refractivity contribution >= 4 is 10.8 Å². The predicted molar refractivity (Wildman–Crippen MR) is 92.0 cm³/mol. The zero-order valence-corrected chi connectivity index (χ0v) is 15.0. The SMILES string of the molecule is COc1cc2cnn(C3CC(C)(C)OC3(C)C)c(=O)c2cc1OC. The zero-order chi connectivity index (χ0) is 17.7. The Bertz CT molecular complexity index is 839. The highest BCUT2D eigenvalue weighted by atomic mass is 16.5. The van der Waals surface area contributed by atoms with Gasteiger partial charge in [-0.3, -0.25) is 4.79 Å². The summed E-state index contributed by atoms with van der Waals surface area (Å²) < 4.78 is 18.3. The predicted octanol–water partition coefficient (Wildman–Crippen LogP) is 2.93. The molecule has 0 saturated carbocycles. The van der Waals surface area contributed by atoms with Crippen LogP contribution in [0.5, 0.6) is 11.5 Å². The quantitative estimate of drug-likeness (QED) is 0.865. The van der Waals surface area contributed by atoms with E-state index in [1.165, 1.54) is 0 Å². The first-order valence-electron chi connectivity index (χ1n) is 8.02. The van der Waals surface area contributed by atoms with Crippen LogP contribution >= 0.6 is 0 Å². The molecule has 0 radical (unpaired) electrons. The van der Waals surface area contributed by atoms with E-state index in [1.54, 1.807) is 37.2 Å². The summed E-state index contributed by atoms with van der Waals surface area (Å²) in [4.78, 5) is 13.0. The van der Waals surface area contributed by atoms with Crippen molar-refractivity contribution in [2.75, 3.05) is 14.2 Å². The van der Waals surface area contributed by atoms with E-state index < -0.39 is 5.60 Å². The van der Waals surface area contributed by atoms with Gasteiger partial charge in [0.15, 0.2) is 11.5 Å². The average Bonchev–Trinajstić information content (AvgIpc) is 2.74. The highest BCUT2D eigenvalue weighted by molar-refractivity contribution is 5.84. The standard InChI is InChI=1S/C18H24N2O4/c1-17(2)9-15(18(3,4)24-17)20-16(21)12-8-14(23-6)13(22-5)7-11(12)10-19-20/h7-8,10,15H,9H2,1-6H3. The number of ether oxygens (including phenoxy) is 3. The molecule has 130 valence electrons. The van der Waals surface area contributed by atoms with E-state index in [9.17, 15) is 4.79 Å². The van der Waals surface area contributed by atoms with Crippen LogP contribution in [0.15, 0.2) is 23.1 Å². The molecule has 3 rings (SSSR count). The van der Waals surface area contributed by atoms with Gasteiger partial charge in [-0.25, -0.2) is 4.68 Å². The first-order valence-corrected chi connectivity index (χ1v) is 8.02. The zero-order valence-electron chi connectivity index (χ0n) is 15.0. The Morgan fingerprint density at radius 2 is 1.79 bits per heavy atom. The Morgan fingerprint density at radius 3 is 2.33 bits per heavy atom. The second-order valence-corrected chi connectivity index (χ2v) is 7.37. The number of aromatic nitrogens is 2. The highest BCUT2D eigenvalue weighted by Gasteiger charge is 2.47. The maximum atomic E-state index is 13.0. The van der Waals surface area contributed by atoms with Gasteiger partial charge in [-0.2, -0.15) is 5.10 Å². The molecule has 1 atom stereocenters. The molecule has 0 aliphatic carbocycles. The molecule has 24 heavy (non-hydrogen) atoms. The summed E-state index contributed by atoms with van der Waals surface area (Å²) in [5.74, 6) is 1.11. The monoisotopic (exact) mass is 332 g/mol. The lowest BCUT2D eigenvalue weighted by Crippen LogP contribution is -2.37. The Labute approximate surface area is 141 Å². The van der Waals surface area contributed by atoms with Crippen molar-refractivity contribution in [1.29, 1.82) is 0 Å². The van der Waals surface area contributed by atoms with E-state index in [4.69, 9.17) is 14.2 Å². The van der Waals surface area contributed by atoms with Crippen LogP contribution in [-0.4, -0.2) is 35.2 Å². The summed E-state index contributed by atoms with van der Waals surface area (Å²) in [6, 6.07) is 3.35. The summed E-state index contributed by atoms with van der Waals surface area (Å²) in [5, 5.41) is 5.69. The van der Waals surface area contributed by atoms with Gasteiger partial charge in [0, 0.05) is 11.8 Å². The summed E-state index contributed by atoms with van der Waals surface area (Å²) in [6.45, 7) is 8.07. The van der Waals surface area contributed by atoms with E-state index in [-0.39, 0.29) is 17.2 Å². The van der Waals surface area contributed by atoms with Gasteiger partial charge in [0.1, 0.15) is 0 Å². The van der Waals surface area contributed by atoms with Crippen LogP contribution in [-0.2, 0) is 4.74 Å². The fourth-order valence-corrected chi connectivity index (χ4v) is 3.62. The summed E-state index contributed by atoms with van der Waals surface area (Å²) in [5.41, 5.74) is -0.903. The molecule has 0 spiro atoms. The van der Waals surface area contributed by atoms with Crippen molar-refractivity contribution < 1.29 is 14.2 Å². The van der Waals surface area contributed by atoms with Crippen molar-refractivity contribution in [2.45, 2.75) is 51.4 Å². The Morgan fingerprint density at radius 1 is 1.17 bits per heavy atom. The highest BCUT2D eigenvalue weighted by Crippen LogP contribution is 2.44. The fraction of sp³-hybridized carbons (Fsp3) is 0.556. The lowest BCUT2D eigenvalue weighted by molar-refractivity contribution is -0.0740. The largest absolute Gasteiger partial charge is 0.493 e. The van der Waals surface area contributed by atoms with E-state index in [1.807, 2.05) is 27.7 Å². The molecule has 2 aromatic rings. The molecular weight excluding hydrogens is 308 g/mol. The van der Waals surface area contributed by atoms with Gasteiger partial charge in [0.25, 0.3) is 5.56 Å². The molecule has 0 amide bonds. The fourth-order valence-electron chi connectivity index (χ4n) is 3.62. The van der Waals surface area contributed by atoms with Gasteiger partial charge in [0.05, 0.1) is 43.0 Å². The number of hydrogen-bond donors (Lipinski definition) is 0. The minimum absolute atomic E-state index is 0.127. The first kappa shape index (κ1) is 16.8. The van der Waals surface area contributed by atoms with E-state index in [2.05, 4.69) is 5.10 Å².